The first-order chi connectivity index (χ1) is 13.7. The zero-order chi connectivity index (χ0) is 20.6. The number of nitrogens with one attached hydrogen (secondary N) is 1. The lowest BCUT2D eigenvalue weighted by molar-refractivity contribution is -0.136. The molecule has 1 unspecified atom stereocenters. The van der Waals surface area contributed by atoms with Crippen LogP contribution in [0.5, 0.6) is 0 Å². The van der Waals surface area contributed by atoms with Crippen LogP contribution in [0, 0.1) is 0 Å². The van der Waals surface area contributed by atoms with Crippen molar-refractivity contribution >= 4 is 29.3 Å². The van der Waals surface area contributed by atoms with Crippen molar-refractivity contribution in [1.82, 2.24) is 10.2 Å². The smallest absolute Gasteiger partial charge is 0.262 e. The van der Waals surface area contributed by atoms with Gasteiger partial charge in [-0.3, -0.25) is 29.4 Å². The molecule has 4 amide bonds. The number of piperidine rings is 1. The van der Waals surface area contributed by atoms with Crippen molar-refractivity contribution in [2.75, 3.05) is 18.0 Å². The van der Waals surface area contributed by atoms with Gasteiger partial charge < -0.3 is 10.6 Å². The molecule has 3 fully saturated rings. The van der Waals surface area contributed by atoms with Crippen LogP contribution in [0.3, 0.4) is 0 Å². The summed E-state index contributed by atoms with van der Waals surface area (Å²) in [6.07, 6.45) is 1.98. The van der Waals surface area contributed by atoms with Crippen molar-refractivity contribution in [3.8, 4) is 0 Å². The summed E-state index contributed by atoms with van der Waals surface area (Å²) in [5.74, 6) is -2.19. The number of amides is 4. The zero-order valence-corrected chi connectivity index (χ0v) is 15.7. The number of imide groups is 2. The van der Waals surface area contributed by atoms with Crippen molar-refractivity contribution in [3.05, 3.63) is 29.3 Å². The molecule has 9 heteroatoms. The van der Waals surface area contributed by atoms with E-state index in [1.165, 1.54) is 0 Å². The molecule has 3 N–H and O–H groups in total. The number of nitrogens with zero attached hydrogens (tertiary/aromatic N) is 2. The lowest BCUT2D eigenvalue weighted by atomic mass is 9.89. The molecule has 1 aromatic carbocycles. The van der Waals surface area contributed by atoms with Gasteiger partial charge in [0.1, 0.15) is 11.7 Å². The molecular formula is C20H21FN4O4. The molecule has 8 nitrogen and oxygen atoms in total. The van der Waals surface area contributed by atoms with Crippen LogP contribution in [0.1, 0.15) is 52.8 Å². The minimum Gasteiger partial charge on any atom is -0.366 e. The van der Waals surface area contributed by atoms with Gasteiger partial charge in [-0.2, -0.15) is 0 Å². The fraction of sp³-hybridized carbons (Fsp3) is 0.500. The molecule has 2 saturated heterocycles. The van der Waals surface area contributed by atoms with E-state index in [9.17, 15) is 19.2 Å². The number of halogens is 1. The zero-order valence-electron chi connectivity index (χ0n) is 15.7. The lowest BCUT2D eigenvalue weighted by Gasteiger charge is -2.27. The van der Waals surface area contributed by atoms with Crippen LogP contribution in [-0.2, 0) is 9.59 Å². The minimum absolute atomic E-state index is 0.0694. The van der Waals surface area contributed by atoms with Gasteiger partial charge in [-0.05, 0) is 43.9 Å². The number of carbonyl (C=O) groups excluding carboxylic acids is 4. The van der Waals surface area contributed by atoms with Crippen LogP contribution in [0.2, 0.25) is 0 Å². The minimum atomic E-state index is -1.45. The van der Waals surface area contributed by atoms with Gasteiger partial charge in [-0.25, -0.2) is 4.39 Å². The Balaban J connectivity index is 1.43. The van der Waals surface area contributed by atoms with E-state index in [0.717, 1.165) is 11.3 Å². The molecule has 3 atom stereocenters. The topological polar surface area (TPSA) is 113 Å². The number of anilines is 1. The Morgan fingerprint density at radius 2 is 1.83 bits per heavy atom. The van der Waals surface area contributed by atoms with Crippen molar-refractivity contribution in [2.24, 2.45) is 5.73 Å². The van der Waals surface area contributed by atoms with E-state index >= 15 is 4.39 Å². The summed E-state index contributed by atoms with van der Waals surface area (Å²) in [5, 5.41) is 2.17. The number of alkyl halides is 1. The molecule has 3 heterocycles. The SMILES string of the molecule is N[C@]12CCC[C@@]1(F)CN(c1ccc3c(c1)C(=O)N(C1CCC(=O)NC1=O)C3=O)C2. The number of fused-ring (bicyclic) bond motifs is 2. The molecule has 0 aromatic heterocycles. The number of nitrogens with two attached hydrogens (primary N) is 1. The quantitative estimate of drug-likeness (QED) is 0.699. The number of hydrogen-bond acceptors (Lipinski definition) is 6. The maximum atomic E-state index is 15.2. The number of carbonyl (C=O) groups is 4. The molecule has 0 spiro atoms. The van der Waals surface area contributed by atoms with Crippen molar-refractivity contribution in [2.45, 2.75) is 49.4 Å². The summed E-state index contributed by atoms with van der Waals surface area (Å²) in [6, 6.07) is 3.80. The number of rotatable bonds is 2. The average molecular weight is 400 g/mol. The summed E-state index contributed by atoms with van der Waals surface area (Å²) in [7, 11) is 0. The Hall–Kier alpha value is -2.81. The van der Waals surface area contributed by atoms with Gasteiger partial charge in [0.25, 0.3) is 11.8 Å². The highest BCUT2D eigenvalue weighted by atomic mass is 19.1. The van der Waals surface area contributed by atoms with E-state index in [2.05, 4.69) is 5.32 Å². The van der Waals surface area contributed by atoms with Crippen LogP contribution in [0.4, 0.5) is 10.1 Å². The van der Waals surface area contributed by atoms with Crippen molar-refractivity contribution < 1.29 is 23.6 Å². The molecule has 1 saturated carbocycles. The van der Waals surface area contributed by atoms with Crippen LogP contribution in [-0.4, -0.2) is 58.9 Å². The Morgan fingerprint density at radius 1 is 1.07 bits per heavy atom. The van der Waals surface area contributed by atoms with Gasteiger partial charge in [0.15, 0.2) is 0 Å². The van der Waals surface area contributed by atoms with Crippen LogP contribution >= 0.6 is 0 Å². The highest BCUT2D eigenvalue weighted by Gasteiger charge is 2.59. The summed E-state index contributed by atoms with van der Waals surface area (Å²) in [4.78, 5) is 52.0. The summed E-state index contributed by atoms with van der Waals surface area (Å²) in [6.45, 7) is 0.503. The fourth-order valence-corrected chi connectivity index (χ4v) is 5.15. The van der Waals surface area contributed by atoms with E-state index in [4.69, 9.17) is 5.73 Å². The summed E-state index contributed by atoms with van der Waals surface area (Å²) < 4.78 is 15.2. The van der Waals surface area contributed by atoms with Crippen LogP contribution in [0.25, 0.3) is 0 Å². The number of hydrogen-bond donors (Lipinski definition) is 2. The molecule has 29 heavy (non-hydrogen) atoms. The highest BCUT2D eigenvalue weighted by molar-refractivity contribution is 6.23. The highest BCUT2D eigenvalue weighted by Crippen LogP contribution is 2.47. The fourth-order valence-electron chi connectivity index (χ4n) is 5.15. The summed E-state index contributed by atoms with van der Waals surface area (Å²) in [5.41, 5.74) is 4.99. The molecule has 3 aliphatic heterocycles. The molecule has 4 aliphatic rings. The first-order valence-corrected chi connectivity index (χ1v) is 9.81. The molecule has 1 aliphatic carbocycles. The first kappa shape index (κ1) is 18.2. The van der Waals surface area contributed by atoms with Gasteiger partial charge in [0.2, 0.25) is 11.8 Å². The second-order valence-corrected chi connectivity index (χ2v) is 8.51. The molecule has 152 valence electrons. The van der Waals surface area contributed by atoms with Crippen LogP contribution < -0.4 is 16.0 Å². The van der Waals surface area contributed by atoms with Crippen molar-refractivity contribution in [1.29, 1.82) is 0 Å². The van der Waals surface area contributed by atoms with E-state index < -0.39 is 40.9 Å². The Bertz CT molecular complexity index is 963. The van der Waals surface area contributed by atoms with Gasteiger partial charge in [0, 0.05) is 18.7 Å². The molecule has 0 radical (unpaired) electrons. The average Bonchev–Trinajstić information content (AvgIpc) is 3.19. The molecule has 1 aromatic rings. The van der Waals surface area contributed by atoms with Gasteiger partial charge >= 0.3 is 0 Å². The third kappa shape index (κ3) is 2.46. The van der Waals surface area contributed by atoms with Crippen LogP contribution in [0.15, 0.2) is 18.2 Å². The Labute approximate surface area is 166 Å². The van der Waals surface area contributed by atoms with E-state index in [0.29, 0.717) is 25.1 Å². The maximum absolute atomic E-state index is 15.2. The van der Waals surface area contributed by atoms with Gasteiger partial charge in [0.05, 0.1) is 23.2 Å². The van der Waals surface area contributed by atoms with Crippen molar-refractivity contribution in [3.63, 3.8) is 0 Å². The molecular weight excluding hydrogens is 379 g/mol. The summed E-state index contributed by atoms with van der Waals surface area (Å²) >= 11 is 0. The predicted molar refractivity (Wildman–Crippen MR) is 99.9 cm³/mol. The Kier molecular flexibility index (Phi) is 3.68. The largest absolute Gasteiger partial charge is 0.366 e. The van der Waals surface area contributed by atoms with Gasteiger partial charge in [-0.15, -0.1) is 0 Å². The second kappa shape index (κ2) is 5.85. The van der Waals surface area contributed by atoms with Gasteiger partial charge in [-0.1, -0.05) is 0 Å². The van der Waals surface area contributed by atoms with E-state index in [1.54, 1.807) is 18.2 Å². The molecule has 0 bridgehead atoms. The first-order valence-electron chi connectivity index (χ1n) is 9.81. The Morgan fingerprint density at radius 3 is 2.55 bits per heavy atom. The van der Waals surface area contributed by atoms with E-state index in [-0.39, 0.29) is 30.5 Å². The number of benzene rings is 1. The third-order valence-corrected chi connectivity index (χ3v) is 6.79. The maximum Gasteiger partial charge on any atom is 0.262 e. The van der Waals surface area contributed by atoms with E-state index in [1.807, 2.05) is 4.90 Å². The predicted octanol–water partition coefficient (Wildman–Crippen LogP) is 0.498. The standard InChI is InChI=1S/C20H21FN4O4/c21-19-6-1-7-20(19,22)10-24(9-19)11-2-3-12-13(8-11)18(29)25(17(12)28)14-4-5-15(26)23-16(14)27/h2-3,8,14H,1,4-7,9-10,22H2,(H,23,26,27)/t14?,19-,20+/m1/s1. The third-order valence-electron chi connectivity index (χ3n) is 6.79. The second-order valence-electron chi connectivity index (χ2n) is 8.51. The monoisotopic (exact) mass is 400 g/mol. The lowest BCUT2D eigenvalue weighted by Crippen LogP contribution is -2.54. The molecule has 5 rings (SSSR count). The normalized spacial score (nSPS) is 33.9.